The standard InChI is InChI=1S/C20H15BrClN3O4/c1-2-29-20(28)16-15-17(25(23-16)14-5-3-4-12(22)10-14)19(27)24(18(15)26)13-8-6-11(21)7-9-13/h3-10,15,17H,2H2,1H3/t15-,17-/m1/s1. The fraction of sp³-hybridized carbons (Fsp3) is 0.200. The molecule has 29 heavy (non-hydrogen) atoms. The molecule has 2 aromatic carbocycles. The number of nitrogens with zero attached hydrogens (tertiary/aromatic N) is 3. The van der Waals surface area contributed by atoms with Gasteiger partial charge in [-0.1, -0.05) is 33.6 Å². The first-order chi connectivity index (χ1) is 13.9. The summed E-state index contributed by atoms with van der Waals surface area (Å²) in [7, 11) is 0. The lowest BCUT2D eigenvalue weighted by atomic mass is 9.98. The topological polar surface area (TPSA) is 79.3 Å². The lowest BCUT2D eigenvalue weighted by Crippen LogP contribution is -2.39. The minimum Gasteiger partial charge on any atom is -0.461 e. The summed E-state index contributed by atoms with van der Waals surface area (Å²) in [6.07, 6.45) is 0. The number of benzene rings is 2. The van der Waals surface area contributed by atoms with Crippen molar-refractivity contribution < 1.29 is 19.1 Å². The van der Waals surface area contributed by atoms with E-state index in [1.165, 1.54) is 5.01 Å². The van der Waals surface area contributed by atoms with Crippen LogP contribution in [0.4, 0.5) is 11.4 Å². The number of hydrazone groups is 1. The van der Waals surface area contributed by atoms with Gasteiger partial charge in [-0.25, -0.2) is 9.69 Å². The Hall–Kier alpha value is -2.71. The van der Waals surface area contributed by atoms with Crippen molar-refractivity contribution in [1.82, 2.24) is 0 Å². The number of hydrogen-bond donors (Lipinski definition) is 0. The molecule has 0 aliphatic carbocycles. The molecule has 7 nitrogen and oxygen atoms in total. The molecule has 1 fully saturated rings. The second-order valence-corrected chi connectivity index (χ2v) is 7.79. The Kier molecular flexibility index (Phi) is 5.14. The van der Waals surface area contributed by atoms with Crippen molar-refractivity contribution in [2.45, 2.75) is 13.0 Å². The molecule has 0 radical (unpaired) electrons. The first-order valence-corrected chi connectivity index (χ1v) is 10.0. The van der Waals surface area contributed by atoms with Crippen molar-refractivity contribution in [3.63, 3.8) is 0 Å². The summed E-state index contributed by atoms with van der Waals surface area (Å²) in [6, 6.07) is 12.5. The van der Waals surface area contributed by atoms with Crippen LogP contribution in [0.25, 0.3) is 0 Å². The first-order valence-electron chi connectivity index (χ1n) is 8.86. The Bertz CT molecular complexity index is 1040. The molecule has 2 aromatic rings. The summed E-state index contributed by atoms with van der Waals surface area (Å²) in [5, 5.41) is 6.11. The number of ether oxygens (including phenoxy) is 1. The number of fused-ring (bicyclic) bond motifs is 1. The number of hydrogen-bond acceptors (Lipinski definition) is 6. The second kappa shape index (κ2) is 7.61. The molecule has 2 aliphatic heterocycles. The average Bonchev–Trinajstić information content (AvgIpc) is 3.21. The van der Waals surface area contributed by atoms with Crippen LogP contribution in [0.1, 0.15) is 6.92 Å². The number of imide groups is 1. The van der Waals surface area contributed by atoms with Crippen molar-refractivity contribution >= 4 is 62.4 Å². The van der Waals surface area contributed by atoms with Crippen LogP contribution in [0.2, 0.25) is 5.02 Å². The number of carbonyl (C=O) groups excluding carboxylic acids is 3. The minimum atomic E-state index is -1.05. The van der Waals surface area contributed by atoms with Crippen LogP contribution >= 0.6 is 27.5 Å². The predicted octanol–water partition coefficient (Wildman–Crippen LogP) is 3.40. The van der Waals surface area contributed by atoms with Gasteiger partial charge in [0, 0.05) is 9.50 Å². The van der Waals surface area contributed by atoms with Gasteiger partial charge in [0.1, 0.15) is 12.0 Å². The van der Waals surface area contributed by atoms with Crippen molar-refractivity contribution in [1.29, 1.82) is 0 Å². The summed E-state index contributed by atoms with van der Waals surface area (Å²) in [5.41, 5.74) is 0.840. The Labute approximate surface area is 180 Å². The van der Waals surface area contributed by atoms with E-state index in [1.54, 1.807) is 55.5 Å². The molecule has 0 N–H and O–H groups in total. The van der Waals surface area contributed by atoms with Crippen LogP contribution in [0.5, 0.6) is 0 Å². The van der Waals surface area contributed by atoms with E-state index < -0.39 is 29.7 Å². The van der Waals surface area contributed by atoms with Gasteiger partial charge in [0.15, 0.2) is 5.71 Å². The third-order valence-electron chi connectivity index (χ3n) is 4.69. The molecule has 2 aliphatic rings. The predicted molar refractivity (Wildman–Crippen MR) is 112 cm³/mol. The van der Waals surface area contributed by atoms with E-state index in [-0.39, 0.29) is 12.3 Å². The molecule has 0 unspecified atom stereocenters. The summed E-state index contributed by atoms with van der Waals surface area (Å²) in [6.45, 7) is 1.79. The lowest BCUT2D eigenvalue weighted by Gasteiger charge is -2.22. The van der Waals surface area contributed by atoms with Gasteiger partial charge in [0.05, 0.1) is 18.0 Å². The van der Waals surface area contributed by atoms with Gasteiger partial charge in [0.25, 0.3) is 5.91 Å². The molecule has 2 atom stereocenters. The van der Waals surface area contributed by atoms with Crippen LogP contribution < -0.4 is 9.91 Å². The van der Waals surface area contributed by atoms with Crippen molar-refractivity contribution in [3.8, 4) is 0 Å². The zero-order valence-electron chi connectivity index (χ0n) is 15.2. The van der Waals surface area contributed by atoms with Crippen molar-refractivity contribution in [2.24, 2.45) is 11.0 Å². The smallest absolute Gasteiger partial charge is 0.355 e. The molecule has 148 valence electrons. The monoisotopic (exact) mass is 475 g/mol. The van der Waals surface area contributed by atoms with Crippen molar-refractivity contribution in [3.05, 3.63) is 58.0 Å². The molecule has 0 aromatic heterocycles. The maximum atomic E-state index is 13.3. The maximum Gasteiger partial charge on any atom is 0.355 e. The van der Waals surface area contributed by atoms with Crippen LogP contribution in [-0.2, 0) is 19.1 Å². The molecule has 1 saturated heterocycles. The van der Waals surface area contributed by atoms with Gasteiger partial charge < -0.3 is 4.74 Å². The van der Waals surface area contributed by atoms with E-state index in [0.717, 1.165) is 9.37 Å². The highest BCUT2D eigenvalue weighted by atomic mass is 79.9. The zero-order valence-corrected chi connectivity index (χ0v) is 17.6. The molecule has 0 bridgehead atoms. The number of carbonyl (C=O) groups is 3. The molecule has 0 saturated carbocycles. The van der Waals surface area contributed by atoms with E-state index in [1.807, 2.05) is 0 Å². The number of amides is 2. The third-order valence-corrected chi connectivity index (χ3v) is 5.46. The largest absolute Gasteiger partial charge is 0.461 e. The van der Waals surface area contributed by atoms with Gasteiger partial charge in [-0.3, -0.25) is 14.6 Å². The van der Waals surface area contributed by atoms with E-state index >= 15 is 0 Å². The van der Waals surface area contributed by atoms with Crippen molar-refractivity contribution in [2.75, 3.05) is 16.5 Å². The Morgan fingerprint density at radius 1 is 1.14 bits per heavy atom. The first kappa shape index (κ1) is 19.6. The second-order valence-electron chi connectivity index (χ2n) is 6.44. The number of esters is 1. The average molecular weight is 477 g/mol. The summed E-state index contributed by atoms with van der Waals surface area (Å²) < 4.78 is 5.89. The van der Waals surface area contributed by atoms with Gasteiger partial charge in [-0.15, -0.1) is 0 Å². The Morgan fingerprint density at radius 2 is 1.86 bits per heavy atom. The van der Waals surface area contributed by atoms with E-state index in [4.69, 9.17) is 16.3 Å². The van der Waals surface area contributed by atoms with E-state index in [2.05, 4.69) is 21.0 Å². The number of halogens is 2. The van der Waals surface area contributed by atoms with Crippen LogP contribution in [-0.4, -0.2) is 36.1 Å². The highest BCUT2D eigenvalue weighted by molar-refractivity contribution is 9.10. The zero-order chi connectivity index (χ0) is 20.7. The van der Waals surface area contributed by atoms with E-state index in [9.17, 15) is 14.4 Å². The van der Waals surface area contributed by atoms with Crippen LogP contribution in [0.3, 0.4) is 0 Å². The van der Waals surface area contributed by atoms with E-state index in [0.29, 0.717) is 16.4 Å². The molecule has 0 spiro atoms. The Balaban J connectivity index is 1.79. The fourth-order valence-corrected chi connectivity index (χ4v) is 3.91. The SMILES string of the molecule is CCOC(=O)C1=NN(c2cccc(Cl)c2)[C@H]2C(=O)N(c3ccc(Br)cc3)C(=O)[C@H]12. The van der Waals surface area contributed by atoms with Gasteiger partial charge in [0.2, 0.25) is 5.91 Å². The minimum absolute atomic E-state index is 0.0882. The summed E-state index contributed by atoms with van der Waals surface area (Å²) in [5.74, 6) is -2.75. The molecule has 9 heteroatoms. The molecule has 4 rings (SSSR count). The summed E-state index contributed by atoms with van der Waals surface area (Å²) >= 11 is 9.42. The van der Waals surface area contributed by atoms with Gasteiger partial charge >= 0.3 is 5.97 Å². The number of anilines is 2. The molecular formula is C20H15BrClN3O4. The highest BCUT2D eigenvalue weighted by Crippen LogP contribution is 2.38. The maximum absolute atomic E-state index is 13.3. The third kappa shape index (κ3) is 3.32. The fourth-order valence-electron chi connectivity index (χ4n) is 3.46. The number of rotatable bonds is 4. The quantitative estimate of drug-likeness (QED) is 0.499. The highest BCUT2D eigenvalue weighted by Gasteiger charge is 2.59. The van der Waals surface area contributed by atoms with Gasteiger partial charge in [-0.05, 0) is 49.4 Å². The van der Waals surface area contributed by atoms with Crippen LogP contribution in [0, 0.1) is 5.92 Å². The van der Waals surface area contributed by atoms with Crippen LogP contribution in [0.15, 0.2) is 58.1 Å². The lowest BCUT2D eigenvalue weighted by molar-refractivity contribution is -0.136. The summed E-state index contributed by atoms with van der Waals surface area (Å²) in [4.78, 5) is 40.0. The molecule has 2 amide bonds. The molecular weight excluding hydrogens is 462 g/mol. The normalized spacial score (nSPS) is 20.7. The molecule has 2 heterocycles. The van der Waals surface area contributed by atoms with Gasteiger partial charge in [-0.2, -0.15) is 5.10 Å². The Morgan fingerprint density at radius 3 is 2.52 bits per heavy atom.